The number of aryl methyl sites for hydroxylation is 2. The van der Waals surface area contributed by atoms with Crippen molar-refractivity contribution in [3.8, 4) is 0 Å². The first-order valence-corrected chi connectivity index (χ1v) is 7.05. The predicted octanol–water partition coefficient (Wildman–Crippen LogP) is 3.08. The van der Waals surface area contributed by atoms with Crippen molar-refractivity contribution < 1.29 is 0 Å². The summed E-state index contributed by atoms with van der Waals surface area (Å²) in [5.41, 5.74) is 2.06. The summed E-state index contributed by atoms with van der Waals surface area (Å²) in [5, 5.41) is 8.66. The third kappa shape index (κ3) is 3.87. The van der Waals surface area contributed by atoms with Gasteiger partial charge in [-0.05, 0) is 25.8 Å². The minimum absolute atomic E-state index is 0.471. The van der Waals surface area contributed by atoms with E-state index >= 15 is 0 Å². The Morgan fingerprint density at radius 3 is 2.65 bits per heavy atom. The maximum absolute atomic E-state index is 6.31. The average Bonchev–Trinajstić information content (AvgIpc) is 2.65. The summed E-state index contributed by atoms with van der Waals surface area (Å²) < 4.78 is 1.97. The Bertz CT molecular complexity index is 350. The highest BCUT2D eigenvalue weighted by Gasteiger charge is 2.13. The molecule has 0 saturated carbocycles. The van der Waals surface area contributed by atoms with E-state index in [0.29, 0.717) is 11.8 Å². The molecule has 1 unspecified atom stereocenters. The number of nitrogens with zero attached hydrogens (tertiary/aromatic N) is 2. The predicted molar refractivity (Wildman–Crippen MR) is 73.9 cm³/mol. The van der Waals surface area contributed by atoms with Crippen molar-refractivity contribution in [3.63, 3.8) is 0 Å². The molecular formula is C12H21Cl2N3. The maximum atomic E-state index is 6.31. The van der Waals surface area contributed by atoms with E-state index in [1.165, 1.54) is 0 Å². The Kier molecular flexibility index (Phi) is 6.31. The molecule has 0 aliphatic heterocycles. The van der Waals surface area contributed by atoms with Crippen LogP contribution in [0.2, 0.25) is 5.02 Å². The second kappa shape index (κ2) is 7.24. The summed E-state index contributed by atoms with van der Waals surface area (Å²) in [4.78, 5) is 0. The van der Waals surface area contributed by atoms with Crippen LogP contribution in [0.1, 0.15) is 32.2 Å². The Morgan fingerprint density at radius 1 is 1.41 bits per heavy atom. The minimum Gasteiger partial charge on any atom is -0.311 e. The first-order valence-electron chi connectivity index (χ1n) is 6.14. The normalized spacial score (nSPS) is 13.0. The van der Waals surface area contributed by atoms with Gasteiger partial charge < -0.3 is 5.32 Å². The maximum Gasteiger partial charge on any atom is 0.0863 e. The van der Waals surface area contributed by atoms with Gasteiger partial charge in [-0.15, -0.1) is 11.6 Å². The van der Waals surface area contributed by atoms with Crippen LogP contribution in [0.5, 0.6) is 0 Å². The van der Waals surface area contributed by atoms with Gasteiger partial charge in [0.15, 0.2) is 0 Å². The van der Waals surface area contributed by atoms with Gasteiger partial charge in [-0.2, -0.15) is 5.10 Å². The van der Waals surface area contributed by atoms with E-state index in [-0.39, 0.29) is 0 Å². The van der Waals surface area contributed by atoms with Crippen molar-refractivity contribution in [2.45, 2.75) is 40.3 Å². The molecule has 0 aromatic carbocycles. The highest BCUT2D eigenvalue weighted by Crippen LogP contribution is 2.21. The first kappa shape index (κ1) is 14.8. The molecule has 0 aliphatic carbocycles. The quantitative estimate of drug-likeness (QED) is 0.777. The third-order valence-corrected chi connectivity index (χ3v) is 3.71. The van der Waals surface area contributed by atoms with Gasteiger partial charge in [0.25, 0.3) is 0 Å². The highest BCUT2D eigenvalue weighted by atomic mass is 35.5. The van der Waals surface area contributed by atoms with Gasteiger partial charge in [-0.25, -0.2) is 0 Å². The zero-order valence-electron chi connectivity index (χ0n) is 10.8. The van der Waals surface area contributed by atoms with Crippen LogP contribution in [0.3, 0.4) is 0 Å². The van der Waals surface area contributed by atoms with Crippen LogP contribution in [0, 0.1) is 5.92 Å². The van der Waals surface area contributed by atoms with Crippen molar-refractivity contribution in [3.05, 3.63) is 16.4 Å². The molecule has 1 atom stereocenters. The van der Waals surface area contributed by atoms with E-state index < -0.39 is 0 Å². The van der Waals surface area contributed by atoms with Gasteiger partial charge in [0.1, 0.15) is 0 Å². The molecule has 17 heavy (non-hydrogen) atoms. The van der Waals surface area contributed by atoms with Crippen LogP contribution in [0.25, 0.3) is 0 Å². The second-order valence-electron chi connectivity index (χ2n) is 4.27. The van der Waals surface area contributed by atoms with Crippen molar-refractivity contribution in [2.24, 2.45) is 5.92 Å². The summed E-state index contributed by atoms with van der Waals surface area (Å²) in [5.74, 6) is 1.15. The van der Waals surface area contributed by atoms with Gasteiger partial charge in [-0.3, -0.25) is 4.68 Å². The lowest BCUT2D eigenvalue weighted by molar-refractivity contribution is 0.527. The second-order valence-corrected chi connectivity index (χ2v) is 4.95. The number of aromatic nitrogens is 2. The van der Waals surface area contributed by atoms with Crippen molar-refractivity contribution in [1.29, 1.82) is 0 Å². The summed E-state index contributed by atoms with van der Waals surface area (Å²) in [6.07, 6.45) is 0.872. The number of rotatable bonds is 7. The van der Waals surface area contributed by atoms with Crippen LogP contribution in [-0.2, 0) is 19.5 Å². The summed E-state index contributed by atoms with van der Waals surface area (Å²) in [6, 6.07) is 0. The van der Waals surface area contributed by atoms with Gasteiger partial charge in [0.05, 0.1) is 16.4 Å². The lowest BCUT2D eigenvalue weighted by Gasteiger charge is -2.10. The Labute approximate surface area is 113 Å². The molecule has 3 nitrogen and oxygen atoms in total. The van der Waals surface area contributed by atoms with E-state index in [0.717, 1.165) is 42.5 Å². The van der Waals surface area contributed by atoms with Crippen LogP contribution < -0.4 is 5.32 Å². The molecule has 1 rings (SSSR count). The van der Waals surface area contributed by atoms with Crippen molar-refractivity contribution in [2.75, 3.05) is 12.4 Å². The third-order valence-electron chi connectivity index (χ3n) is 2.74. The molecule has 0 spiro atoms. The first-order chi connectivity index (χ1) is 8.13. The molecule has 98 valence electrons. The lowest BCUT2D eigenvalue weighted by Crippen LogP contribution is -2.23. The smallest absolute Gasteiger partial charge is 0.0863 e. The molecule has 0 fully saturated rings. The Balaban J connectivity index is 2.66. The zero-order chi connectivity index (χ0) is 12.8. The lowest BCUT2D eigenvalue weighted by atomic mass is 10.2. The number of halogens is 2. The van der Waals surface area contributed by atoms with Crippen molar-refractivity contribution >= 4 is 23.2 Å². The minimum atomic E-state index is 0.471. The fourth-order valence-corrected chi connectivity index (χ4v) is 2.12. The van der Waals surface area contributed by atoms with Crippen LogP contribution in [0.4, 0.5) is 0 Å². The fraction of sp³-hybridized carbons (Fsp3) is 0.750. The standard InChI is InChI=1S/C12H21Cl2N3/c1-4-10-12(14)11(17(5-2)16-10)8-15-7-9(3)6-13/h9,15H,4-8H2,1-3H3. The fourth-order valence-electron chi connectivity index (χ4n) is 1.68. The molecule has 0 bridgehead atoms. The number of hydrogen-bond donors (Lipinski definition) is 1. The largest absolute Gasteiger partial charge is 0.311 e. The molecule has 0 radical (unpaired) electrons. The SMILES string of the molecule is CCc1nn(CC)c(CNCC(C)CCl)c1Cl. The molecule has 0 amide bonds. The zero-order valence-corrected chi connectivity index (χ0v) is 12.3. The molecule has 1 heterocycles. The van der Waals surface area contributed by atoms with E-state index in [4.69, 9.17) is 23.2 Å². The number of nitrogens with one attached hydrogen (secondary N) is 1. The van der Waals surface area contributed by atoms with Gasteiger partial charge in [0.2, 0.25) is 0 Å². The molecule has 0 aliphatic rings. The van der Waals surface area contributed by atoms with E-state index in [1.807, 2.05) is 4.68 Å². The van der Waals surface area contributed by atoms with Gasteiger partial charge >= 0.3 is 0 Å². The molecule has 1 aromatic rings. The summed E-state index contributed by atoms with van der Waals surface area (Å²) in [6.45, 7) is 8.77. The van der Waals surface area contributed by atoms with Crippen LogP contribution in [-0.4, -0.2) is 22.2 Å². The number of hydrogen-bond acceptors (Lipinski definition) is 2. The Morgan fingerprint density at radius 2 is 2.12 bits per heavy atom. The average molecular weight is 278 g/mol. The molecule has 1 N–H and O–H groups in total. The van der Waals surface area contributed by atoms with E-state index in [1.54, 1.807) is 0 Å². The van der Waals surface area contributed by atoms with Crippen LogP contribution in [0.15, 0.2) is 0 Å². The molecular weight excluding hydrogens is 257 g/mol. The Hall–Kier alpha value is -0.250. The van der Waals surface area contributed by atoms with Gasteiger partial charge in [0, 0.05) is 19.0 Å². The summed E-state index contributed by atoms with van der Waals surface area (Å²) >= 11 is 12.1. The van der Waals surface area contributed by atoms with Gasteiger partial charge in [-0.1, -0.05) is 25.4 Å². The molecule has 1 aromatic heterocycles. The monoisotopic (exact) mass is 277 g/mol. The van der Waals surface area contributed by atoms with E-state index in [2.05, 4.69) is 31.2 Å². The topological polar surface area (TPSA) is 29.9 Å². The van der Waals surface area contributed by atoms with E-state index in [9.17, 15) is 0 Å². The highest BCUT2D eigenvalue weighted by molar-refractivity contribution is 6.31. The molecule has 0 saturated heterocycles. The molecule has 5 heteroatoms. The van der Waals surface area contributed by atoms with Crippen molar-refractivity contribution in [1.82, 2.24) is 15.1 Å². The number of alkyl halides is 1. The van der Waals surface area contributed by atoms with Crippen LogP contribution >= 0.6 is 23.2 Å². The summed E-state index contributed by atoms with van der Waals surface area (Å²) in [7, 11) is 0.